The van der Waals surface area contributed by atoms with Crippen molar-refractivity contribution in [2.24, 2.45) is 0 Å². The standard InChI is InChI=1S/C17H14ClN3O4S2/c18-11-1-6-15(22)14(9-11)16(23)10-20-12-2-4-13(5-3-12)27(24,25)21-17-19-7-8-26-17/h1-9,20,22H,10H2,(H,19,21). The first-order valence-electron chi connectivity index (χ1n) is 7.63. The van der Waals surface area contributed by atoms with E-state index in [1.165, 1.54) is 47.9 Å². The van der Waals surface area contributed by atoms with E-state index < -0.39 is 10.0 Å². The SMILES string of the molecule is O=C(CNc1ccc(S(=O)(=O)Nc2nccs2)cc1)c1cc(Cl)ccc1O. The van der Waals surface area contributed by atoms with Gasteiger partial charge in [0, 0.05) is 22.3 Å². The van der Waals surface area contributed by atoms with Gasteiger partial charge in [0.15, 0.2) is 10.9 Å². The molecule has 0 saturated heterocycles. The van der Waals surface area contributed by atoms with Gasteiger partial charge in [-0.1, -0.05) is 11.6 Å². The van der Waals surface area contributed by atoms with E-state index in [9.17, 15) is 18.3 Å². The van der Waals surface area contributed by atoms with E-state index in [4.69, 9.17) is 11.6 Å². The van der Waals surface area contributed by atoms with Gasteiger partial charge in [-0.15, -0.1) is 11.3 Å². The zero-order valence-electron chi connectivity index (χ0n) is 13.7. The van der Waals surface area contributed by atoms with Crippen molar-refractivity contribution in [1.29, 1.82) is 0 Å². The quantitative estimate of drug-likeness (QED) is 0.501. The number of hydrogen-bond acceptors (Lipinski definition) is 7. The van der Waals surface area contributed by atoms with Gasteiger partial charge in [0.2, 0.25) is 0 Å². The van der Waals surface area contributed by atoms with Crippen LogP contribution in [-0.2, 0) is 10.0 Å². The normalized spacial score (nSPS) is 11.1. The third kappa shape index (κ3) is 4.76. The van der Waals surface area contributed by atoms with Crippen LogP contribution in [0.15, 0.2) is 58.9 Å². The van der Waals surface area contributed by atoms with Crippen LogP contribution in [0, 0.1) is 0 Å². The molecular formula is C17H14ClN3O4S2. The summed E-state index contributed by atoms with van der Waals surface area (Å²) in [6, 6.07) is 10.1. The molecular weight excluding hydrogens is 410 g/mol. The van der Waals surface area contributed by atoms with E-state index in [1.54, 1.807) is 17.5 Å². The van der Waals surface area contributed by atoms with E-state index in [0.29, 0.717) is 10.7 Å². The number of rotatable bonds is 7. The third-order valence-electron chi connectivity index (χ3n) is 3.53. The molecule has 3 aromatic rings. The summed E-state index contributed by atoms with van der Waals surface area (Å²) in [4.78, 5) is 16.2. The first kappa shape index (κ1) is 19.2. The van der Waals surface area contributed by atoms with Crippen molar-refractivity contribution < 1.29 is 18.3 Å². The van der Waals surface area contributed by atoms with Gasteiger partial charge < -0.3 is 10.4 Å². The molecule has 0 spiro atoms. The number of benzene rings is 2. The number of aromatic nitrogens is 1. The van der Waals surface area contributed by atoms with Crippen LogP contribution in [0.2, 0.25) is 5.02 Å². The number of Topliss-reactive ketones (excluding diaryl/α,β-unsaturated/α-hetero) is 1. The van der Waals surface area contributed by atoms with E-state index in [2.05, 4.69) is 15.0 Å². The summed E-state index contributed by atoms with van der Waals surface area (Å²) in [5.41, 5.74) is 0.667. The minimum atomic E-state index is -3.73. The topological polar surface area (TPSA) is 108 Å². The van der Waals surface area contributed by atoms with Crippen molar-refractivity contribution in [1.82, 2.24) is 4.98 Å². The zero-order valence-corrected chi connectivity index (χ0v) is 16.1. The largest absolute Gasteiger partial charge is 0.507 e. The lowest BCUT2D eigenvalue weighted by Gasteiger charge is -2.09. The van der Waals surface area contributed by atoms with Gasteiger partial charge in [-0.05, 0) is 42.5 Å². The summed E-state index contributed by atoms with van der Waals surface area (Å²) in [5, 5.41) is 14.9. The maximum atomic E-state index is 12.3. The number of halogens is 1. The summed E-state index contributed by atoms with van der Waals surface area (Å²) in [6.45, 7) is -0.0859. The molecule has 0 atom stereocenters. The number of anilines is 2. The molecule has 140 valence electrons. The second kappa shape index (κ2) is 7.95. The van der Waals surface area contributed by atoms with Gasteiger partial charge in [-0.2, -0.15) is 0 Å². The zero-order chi connectivity index (χ0) is 19.4. The van der Waals surface area contributed by atoms with Crippen LogP contribution in [-0.4, -0.2) is 30.8 Å². The monoisotopic (exact) mass is 423 g/mol. The van der Waals surface area contributed by atoms with E-state index in [1.807, 2.05) is 0 Å². The van der Waals surface area contributed by atoms with Crippen molar-refractivity contribution in [3.8, 4) is 5.75 Å². The minimum absolute atomic E-state index is 0.0714. The number of phenolic OH excluding ortho intramolecular Hbond substituents is 1. The Morgan fingerprint density at radius 3 is 2.59 bits per heavy atom. The van der Waals surface area contributed by atoms with Crippen LogP contribution < -0.4 is 10.0 Å². The molecule has 0 aliphatic rings. The van der Waals surface area contributed by atoms with Crippen molar-refractivity contribution in [2.75, 3.05) is 16.6 Å². The van der Waals surface area contributed by atoms with Crippen molar-refractivity contribution >= 4 is 49.6 Å². The Bertz CT molecular complexity index is 1050. The maximum Gasteiger partial charge on any atom is 0.263 e. The average Bonchev–Trinajstić information content (AvgIpc) is 3.14. The van der Waals surface area contributed by atoms with Crippen LogP contribution in [0.5, 0.6) is 5.75 Å². The lowest BCUT2D eigenvalue weighted by atomic mass is 10.1. The van der Waals surface area contributed by atoms with Gasteiger partial charge >= 0.3 is 0 Å². The predicted octanol–water partition coefficient (Wildman–Crippen LogP) is 3.60. The Hall–Kier alpha value is -2.62. The number of carbonyl (C=O) groups excluding carboxylic acids is 1. The molecule has 0 amide bonds. The molecule has 0 unspecified atom stereocenters. The number of thiazole rings is 1. The second-order valence-corrected chi connectivity index (χ2v) is 8.42. The molecule has 0 aliphatic heterocycles. The smallest absolute Gasteiger partial charge is 0.263 e. The number of nitrogens with one attached hydrogen (secondary N) is 2. The summed E-state index contributed by atoms with van der Waals surface area (Å²) in [5.74, 6) is -0.502. The number of aromatic hydroxyl groups is 1. The van der Waals surface area contributed by atoms with E-state index in [-0.39, 0.29) is 33.7 Å². The Morgan fingerprint density at radius 2 is 1.93 bits per heavy atom. The summed E-state index contributed by atoms with van der Waals surface area (Å²) < 4.78 is 26.9. The van der Waals surface area contributed by atoms with Crippen molar-refractivity contribution in [3.63, 3.8) is 0 Å². The van der Waals surface area contributed by atoms with Crippen LogP contribution in [0.4, 0.5) is 10.8 Å². The average molecular weight is 424 g/mol. The molecule has 1 aromatic heterocycles. The Morgan fingerprint density at radius 1 is 1.19 bits per heavy atom. The van der Waals surface area contributed by atoms with Gasteiger partial charge in [-0.3, -0.25) is 9.52 Å². The number of carbonyl (C=O) groups is 1. The highest BCUT2D eigenvalue weighted by Crippen LogP contribution is 2.23. The fraction of sp³-hybridized carbons (Fsp3) is 0.0588. The first-order chi connectivity index (χ1) is 12.8. The number of sulfonamides is 1. The highest BCUT2D eigenvalue weighted by Gasteiger charge is 2.16. The lowest BCUT2D eigenvalue weighted by Crippen LogP contribution is -2.15. The van der Waals surface area contributed by atoms with Crippen LogP contribution in [0.1, 0.15) is 10.4 Å². The van der Waals surface area contributed by atoms with E-state index in [0.717, 1.165) is 0 Å². The molecule has 3 rings (SSSR count). The highest BCUT2D eigenvalue weighted by atomic mass is 35.5. The van der Waals surface area contributed by atoms with Crippen molar-refractivity contribution in [3.05, 3.63) is 64.6 Å². The fourth-order valence-corrected chi connectivity index (χ4v) is 4.17. The number of nitrogens with zero attached hydrogens (tertiary/aromatic N) is 1. The summed E-state index contributed by atoms with van der Waals surface area (Å²) in [7, 11) is -3.73. The maximum absolute atomic E-state index is 12.3. The van der Waals surface area contributed by atoms with Gasteiger partial charge in [0.05, 0.1) is 17.0 Å². The van der Waals surface area contributed by atoms with Gasteiger partial charge in [-0.25, -0.2) is 13.4 Å². The first-order valence-corrected chi connectivity index (χ1v) is 10.4. The third-order valence-corrected chi connectivity index (χ3v) is 5.94. The number of ketones is 1. The molecule has 0 radical (unpaired) electrons. The predicted molar refractivity (Wildman–Crippen MR) is 105 cm³/mol. The van der Waals surface area contributed by atoms with Crippen molar-refractivity contribution in [2.45, 2.75) is 4.90 Å². The Kier molecular flexibility index (Phi) is 5.64. The van der Waals surface area contributed by atoms with Crippen LogP contribution >= 0.6 is 22.9 Å². The van der Waals surface area contributed by atoms with Crippen LogP contribution in [0.25, 0.3) is 0 Å². The summed E-state index contributed by atoms with van der Waals surface area (Å²) in [6.07, 6.45) is 1.50. The molecule has 0 bridgehead atoms. The molecule has 0 aliphatic carbocycles. The Labute approximate surface area is 164 Å². The highest BCUT2D eigenvalue weighted by molar-refractivity contribution is 7.93. The number of hydrogen-bond donors (Lipinski definition) is 3. The molecule has 2 aromatic carbocycles. The molecule has 1 heterocycles. The van der Waals surface area contributed by atoms with Gasteiger partial charge in [0.25, 0.3) is 10.0 Å². The van der Waals surface area contributed by atoms with Crippen LogP contribution in [0.3, 0.4) is 0 Å². The molecule has 7 nitrogen and oxygen atoms in total. The molecule has 0 fully saturated rings. The minimum Gasteiger partial charge on any atom is -0.507 e. The fourth-order valence-electron chi connectivity index (χ4n) is 2.21. The summed E-state index contributed by atoms with van der Waals surface area (Å²) >= 11 is 7.02. The molecule has 10 heteroatoms. The Balaban J connectivity index is 1.65. The second-order valence-electron chi connectivity index (χ2n) is 5.41. The number of phenols is 1. The lowest BCUT2D eigenvalue weighted by molar-refractivity contribution is 0.100. The van der Waals surface area contributed by atoms with Gasteiger partial charge in [0.1, 0.15) is 5.75 Å². The molecule has 0 saturated carbocycles. The van der Waals surface area contributed by atoms with E-state index >= 15 is 0 Å². The molecule has 3 N–H and O–H groups in total. The molecule has 27 heavy (non-hydrogen) atoms.